The predicted octanol–water partition coefficient (Wildman–Crippen LogP) is 4.62. The molecule has 2 bridgehead atoms. The van der Waals surface area contributed by atoms with Crippen molar-refractivity contribution in [1.29, 1.82) is 0 Å². The Balaban J connectivity index is 1.15. The molecule has 0 saturated carbocycles. The van der Waals surface area contributed by atoms with Crippen LogP contribution in [0.2, 0.25) is 10.0 Å². The van der Waals surface area contributed by atoms with Crippen LogP contribution in [-0.4, -0.2) is 73.7 Å². The minimum atomic E-state index is -0.685. The highest BCUT2D eigenvalue weighted by Crippen LogP contribution is 2.33. The molecule has 9 nitrogen and oxygen atoms in total. The van der Waals surface area contributed by atoms with Crippen LogP contribution in [0.3, 0.4) is 0 Å². The summed E-state index contributed by atoms with van der Waals surface area (Å²) in [6, 6.07) is 11.7. The van der Waals surface area contributed by atoms with Crippen molar-refractivity contribution in [3.63, 3.8) is 0 Å². The summed E-state index contributed by atoms with van der Waals surface area (Å²) >= 11 is 12.2. The number of hydrogen-bond acceptors (Lipinski definition) is 4. The first kappa shape index (κ1) is 25.7. The molecule has 2 aromatic carbocycles. The fraction of sp³-hybridized carbons (Fsp3) is 0.357. The number of amides is 3. The number of piperazine rings is 1. The van der Waals surface area contributed by atoms with E-state index in [1.807, 2.05) is 47.9 Å². The third-order valence-corrected chi connectivity index (χ3v) is 8.32. The number of nitrogens with zero attached hydrogens (tertiary/aromatic N) is 3. The lowest BCUT2D eigenvalue weighted by molar-refractivity contribution is -0.135. The Morgan fingerprint density at radius 2 is 1.72 bits per heavy atom. The maximum Gasteiger partial charge on any atom is 0.290 e. The van der Waals surface area contributed by atoms with E-state index in [1.165, 1.54) is 0 Å². The van der Waals surface area contributed by atoms with E-state index in [0.717, 1.165) is 16.4 Å². The van der Waals surface area contributed by atoms with Crippen molar-refractivity contribution in [2.45, 2.75) is 44.8 Å². The number of aromatic nitrogens is 3. The second kappa shape index (κ2) is 9.88. The maximum absolute atomic E-state index is 13.7. The number of hydrogen-bond donors (Lipinski definition) is 3. The van der Waals surface area contributed by atoms with Gasteiger partial charge < -0.3 is 25.1 Å². The Labute approximate surface area is 234 Å². The average molecular weight is 567 g/mol. The fourth-order valence-electron chi connectivity index (χ4n) is 5.75. The number of imidazole rings is 1. The molecule has 3 amide bonds. The van der Waals surface area contributed by atoms with Crippen LogP contribution in [0.15, 0.2) is 42.5 Å². The zero-order chi connectivity index (χ0) is 27.4. The molecule has 0 radical (unpaired) electrons. The summed E-state index contributed by atoms with van der Waals surface area (Å²) < 4.78 is 0. The summed E-state index contributed by atoms with van der Waals surface area (Å²) in [5, 5.41) is 4.49. The number of nitrogens with one attached hydrogen (secondary N) is 3. The molecule has 2 fully saturated rings. The summed E-state index contributed by atoms with van der Waals surface area (Å²) in [6.07, 6.45) is 1.21. The highest BCUT2D eigenvalue weighted by atomic mass is 35.5. The van der Waals surface area contributed by atoms with E-state index in [9.17, 15) is 14.4 Å². The first-order valence-electron chi connectivity index (χ1n) is 13.0. The number of fused-ring (bicyclic) bond motifs is 4. The standard InChI is InChI=1S/C28H28Cl2N6O3/c1-14(2)7-24(34-26(37)23-9-15-8-18(29)19(30)11-22(15)31-23)27(38)35-12-17-10-16(35)13-36(17)28(39)25-32-20-5-3-4-6-21(20)33-25/h3-6,8-9,11,14,16-17,24,31H,7,10,12-13H2,1-2H3,(H,32,33)(H,34,37)/t16-,17-,24-/m0/s1. The number of rotatable bonds is 6. The number of H-pyrrole nitrogens is 2. The lowest BCUT2D eigenvalue weighted by Crippen LogP contribution is -2.56. The number of benzene rings is 2. The molecule has 4 aromatic rings. The number of likely N-dealkylation sites (tertiary alicyclic amines) is 2. The fourth-order valence-corrected chi connectivity index (χ4v) is 6.09. The second-order valence-corrected chi connectivity index (χ2v) is 11.6. The number of halogens is 2. The highest BCUT2D eigenvalue weighted by molar-refractivity contribution is 6.42. The summed E-state index contributed by atoms with van der Waals surface area (Å²) in [5.74, 6) is -0.152. The molecule has 39 heavy (non-hydrogen) atoms. The third-order valence-electron chi connectivity index (χ3n) is 7.59. The van der Waals surface area contributed by atoms with Crippen LogP contribution in [0.5, 0.6) is 0 Å². The molecule has 2 aromatic heterocycles. The number of carbonyl (C=O) groups is 3. The van der Waals surface area contributed by atoms with E-state index in [0.29, 0.717) is 53.0 Å². The lowest BCUT2D eigenvalue weighted by Gasteiger charge is -2.36. The molecule has 0 aliphatic carbocycles. The van der Waals surface area contributed by atoms with Gasteiger partial charge in [0.2, 0.25) is 5.91 Å². The largest absolute Gasteiger partial charge is 0.350 e. The Hall–Kier alpha value is -3.56. The van der Waals surface area contributed by atoms with Gasteiger partial charge in [0.15, 0.2) is 5.82 Å². The number of para-hydroxylation sites is 2. The molecular weight excluding hydrogens is 539 g/mol. The van der Waals surface area contributed by atoms with E-state index in [1.54, 1.807) is 18.2 Å². The van der Waals surface area contributed by atoms with Crippen LogP contribution in [0.4, 0.5) is 0 Å². The van der Waals surface area contributed by atoms with Gasteiger partial charge in [0, 0.05) is 24.0 Å². The van der Waals surface area contributed by atoms with Crippen molar-refractivity contribution in [3.05, 3.63) is 64.0 Å². The van der Waals surface area contributed by atoms with Crippen molar-refractivity contribution >= 4 is 62.9 Å². The van der Waals surface area contributed by atoms with Crippen LogP contribution in [0.1, 0.15) is 47.8 Å². The highest BCUT2D eigenvalue weighted by Gasteiger charge is 2.49. The van der Waals surface area contributed by atoms with Gasteiger partial charge in [0.25, 0.3) is 11.8 Å². The summed E-state index contributed by atoms with van der Waals surface area (Å²) in [5.41, 5.74) is 2.58. The van der Waals surface area contributed by atoms with Gasteiger partial charge in [-0.25, -0.2) is 4.98 Å². The zero-order valence-electron chi connectivity index (χ0n) is 21.5. The molecule has 11 heteroatoms. The normalized spacial score (nSPS) is 19.4. The molecule has 3 atom stereocenters. The second-order valence-electron chi connectivity index (χ2n) is 10.8. The number of carbonyl (C=O) groups excluding carboxylic acids is 3. The van der Waals surface area contributed by atoms with Crippen LogP contribution in [0.25, 0.3) is 21.9 Å². The SMILES string of the molecule is CC(C)C[C@H](NC(=O)c1cc2cc(Cl)c(Cl)cc2[nH]1)C(=O)N1C[C@@H]2C[C@H]1CN2C(=O)c1nc2ccccc2[nH]1. The van der Waals surface area contributed by atoms with Gasteiger partial charge in [0.1, 0.15) is 11.7 Å². The molecular formula is C28H28Cl2N6O3. The van der Waals surface area contributed by atoms with Crippen molar-refractivity contribution in [2.24, 2.45) is 5.92 Å². The first-order valence-corrected chi connectivity index (χ1v) is 13.8. The van der Waals surface area contributed by atoms with Crippen LogP contribution in [0, 0.1) is 5.92 Å². The van der Waals surface area contributed by atoms with Crippen molar-refractivity contribution in [2.75, 3.05) is 13.1 Å². The van der Waals surface area contributed by atoms with E-state index in [-0.39, 0.29) is 35.7 Å². The molecule has 3 N–H and O–H groups in total. The van der Waals surface area contributed by atoms with Gasteiger partial charge in [-0.1, -0.05) is 49.2 Å². The topological polar surface area (TPSA) is 114 Å². The molecule has 2 saturated heterocycles. The summed E-state index contributed by atoms with van der Waals surface area (Å²) in [4.78, 5) is 54.4. The summed E-state index contributed by atoms with van der Waals surface area (Å²) in [7, 11) is 0. The summed E-state index contributed by atoms with van der Waals surface area (Å²) in [6.45, 7) is 4.91. The average Bonchev–Trinajstić information content (AvgIpc) is 3.69. The van der Waals surface area contributed by atoms with Crippen molar-refractivity contribution in [3.8, 4) is 0 Å². The van der Waals surface area contributed by atoms with Crippen LogP contribution >= 0.6 is 23.2 Å². The monoisotopic (exact) mass is 566 g/mol. The third kappa shape index (κ3) is 4.74. The smallest absolute Gasteiger partial charge is 0.290 e. The van der Waals surface area contributed by atoms with Gasteiger partial charge in [-0.05, 0) is 49.1 Å². The molecule has 202 valence electrons. The quantitative estimate of drug-likeness (QED) is 0.316. The lowest BCUT2D eigenvalue weighted by atomic mass is 10.0. The van der Waals surface area contributed by atoms with Crippen LogP contribution in [-0.2, 0) is 4.79 Å². The molecule has 0 unspecified atom stereocenters. The van der Waals surface area contributed by atoms with Crippen molar-refractivity contribution < 1.29 is 14.4 Å². The Bertz CT molecular complexity index is 1540. The predicted molar refractivity (Wildman–Crippen MR) is 150 cm³/mol. The molecule has 2 aliphatic heterocycles. The van der Waals surface area contributed by atoms with Gasteiger partial charge in [-0.2, -0.15) is 0 Å². The van der Waals surface area contributed by atoms with E-state index in [2.05, 4.69) is 20.3 Å². The molecule has 2 aliphatic rings. The van der Waals surface area contributed by atoms with Gasteiger partial charge >= 0.3 is 0 Å². The Morgan fingerprint density at radius 1 is 1.00 bits per heavy atom. The minimum Gasteiger partial charge on any atom is -0.350 e. The molecule has 0 spiro atoms. The van der Waals surface area contributed by atoms with Gasteiger partial charge in [-0.3, -0.25) is 14.4 Å². The van der Waals surface area contributed by atoms with Crippen LogP contribution < -0.4 is 5.32 Å². The Morgan fingerprint density at radius 3 is 2.44 bits per heavy atom. The van der Waals surface area contributed by atoms with Crippen molar-refractivity contribution in [1.82, 2.24) is 30.1 Å². The zero-order valence-corrected chi connectivity index (χ0v) is 23.0. The van der Waals surface area contributed by atoms with Gasteiger partial charge in [-0.15, -0.1) is 0 Å². The first-order chi connectivity index (χ1) is 18.7. The van der Waals surface area contributed by atoms with E-state index < -0.39 is 6.04 Å². The molecule has 6 rings (SSSR count). The maximum atomic E-state index is 13.7. The number of aromatic amines is 2. The van der Waals surface area contributed by atoms with E-state index >= 15 is 0 Å². The Kier molecular flexibility index (Phi) is 6.51. The van der Waals surface area contributed by atoms with E-state index in [4.69, 9.17) is 23.2 Å². The molecule has 4 heterocycles. The van der Waals surface area contributed by atoms with Gasteiger partial charge in [0.05, 0.1) is 33.2 Å². The minimum absolute atomic E-state index is 0.0849.